The standard InChI is InChI=1S/C19H25N3O2/c1-20(2)8-13-12-24-18-11-22(10-15(13)18)19(23)16-9-21(3)17-7-5-4-6-14(16)17/h4-7,9,13,15,18H,8,10-12H2,1-3H3/t13-,15-,18-/m1/s1. The summed E-state index contributed by atoms with van der Waals surface area (Å²) >= 11 is 0. The Morgan fingerprint density at radius 3 is 2.88 bits per heavy atom. The molecule has 4 rings (SSSR count). The fraction of sp³-hybridized carbons (Fsp3) is 0.526. The topological polar surface area (TPSA) is 37.7 Å². The number of amides is 1. The molecule has 3 atom stereocenters. The number of hydrogen-bond acceptors (Lipinski definition) is 3. The van der Waals surface area contributed by atoms with E-state index in [1.807, 2.05) is 40.9 Å². The van der Waals surface area contributed by atoms with Gasteiger partial charge < -0.3 is 19.1 Å². The van der Waals surface area contributed by atoms with Crippen LogP contribution < -0.4 is 0 Å². The first-order chi connectivity index (χ1) is 11.5. The molecular formula is C19H25N3O2. The average Bonchev–Trinajstić information content (AvgIpc) is 3.22. The summed E-state index contributed by atoms with van der Waals surface area (Å²) in [5, 5.41) is 1.04. The molecule has 1 aromatic carbocycles. The molecule has 1 amide bonds. The molecule has 0 bridgehead atoms. The molecule has 24 heavy (non-hydrogen) atoms. The third kappa shape index (κ3) is 2.52. The summed E-state index contributed by atoms with van der Waals surface area (Å²) in [6.45, 7) is 3.38. The van der Waals surface area contributed by atoms with Gasteiger partial charge in [0.1, 0.15) is 0 Å². The first kappa shape index (κ1) is 15.7. The summed E-state index contributed by atoms with van der Waals surface area (Å²) in [4.78, 5) is 17.3. The number of aryl methyl sites for hydroxylation is 1. The highest BCUT2D eigenvalue weighted by atomic mass is 16.5. The third-order valence-corrected chi connectivity index (χ3v) is 5.45. The zero-order valence-electron chi connectivity index (χ0n) is 14.6. The second-order valence-electron chi connectivity index (χ2n) is 7.44. The fourth-order valence-corrected chi connectivity index (χ4v) is 4.30. The van der Waals surface area contributed by atoms with E-state index in [-0.39, 0.29) is 12.0 Å². The number of carbonyl (C=O) groups is 1. The Balaban J connectivity index is 1.56. The van der Waals surface area contributed by atoms with Crippen LogP contribution in [0.15, 0.2) is 30.5 Å². The average molecular weight is 327 g/mol. The summed E-state index contributed by atoms with van der Waals surface area (Å²) in [6.07, 6.45) is 2.16. The lowest BCUT2D eigenvalue weighted by Crippen LogP contribution is -2.33. The molecule has 2 saturated heterocycles. The first-order valence-electron chi connectivity index (χ1n) is 8.64. The quantitative estimate of drug-likeness (QED) is 0.863. The summed E-state index contributed by atoms with van der Waals surface area (Å²) in [7, 11) is 6.19. The Labute approximate surface area is 142 Å². The highest BCUT2D eigenvalue weighted by molar-refractivity contribution is 6.07. The SMILES string of the molecule is CN(C)C[C@@H]1CO[C@@H]2CN(C(=O)c3cn(C)c4ccccc34)C[C@H]12. The minimum absolute atomic E-state index is 0.133. The minimum atomic E-state index is 0.133. The van der Waals surface area contributed by atoms with E-state index in [2.05, 4.69) is 25.1 Å². The molecule has 2 fully saturated rings. The lowest BCUT2D eigenvalue weighted by atomic mass is 9.93. The second-order valence-corrected chi connectivity index (χ2v) is 7.44. The number of aromatic nitrogens is 1. The van der Waals surface area contributed by atoms with E-state index >= 15 is 0 Å². The lowest BCUT2D eigenvalue weighted by molar-refractivity contribution is 0.0672. The Bertz CT molecular complexity index is 767. The third-order valence-electron chi connectivity index (χ3n) is 5.45. The van der Waals surface area contributed by atoms with Crippen molar-refractivity contribution in [1.82, 2.24) is 14.4 Å². The molecule has 0 spiro atoms. The van der Waals surface area contributed by atoms with Crippen LogP contribution in [0.2, 0.25) is 0 Å². The highest BCUT2D eigenvalue weighted by Crippen LogP contribution is 2.35. The molecule has 3 heterocycles. The number of carbonyl (C=O) groups excluding carboxylic acids is 1. The molecule has 0 N–H and O–H groups in total. The number of fused-ring (bicyclic) bond motifs is 2. The van der Waals surface area contributed by atoms with Crippen LogP contribution in [0, 0.1) is 11.8 Å². The monoisotopic (exact) mass is 327 g/mol. The predicted octanol–water partition coefficient (Wildman–Crippen LogP) is 1.83. The van der Waals surface area contributed by atoms with Crippen molar-refractivity contribution < 1.29 is 9.53 Å². The summed E-state index contributed by atoms with van der Waals surface area (Å²) < 4.78 is 8.01. The van der Waals surface area contributed by atoms with Gasteiger partial charge in [-0.25, -0.2) is 0 Å². The van der Waals surface area contributed by atoms with Crippen molar-refractivity contribution in [3.05, 3.63) is 36.0 Å². The van der Waals surface area contributed by atoms with E-state index in [0.717, 1.165) is 42.7 Å². The number of benzene rings is 1. The first-order valence-corrected chi connectivity index (χ1v) is 8.64. The van der Waals surface area contributed by atoms with Gasteiger partial charge in [-0.05, 0) is 20.2 Å². The van der Waals surface area contributed by atoms with E-state index in [4.69, 9.17) is 4.74 Å². The summed E-state index contributed by atoms with van der Waals surface area (Å²) in [5.74, 6) is 1.12. The molecule has 5 heteroatoms. The van der Waals surface area contributed by atoms with Crippen molar-refractivity contribution in [2.75, 3.05) is 40.3 Å². The maximum Gasteiger partial charge on any atom is 0.256 e. The molecule has 1 aromatic heterocycles. The number of ether oxygens (including phenoxy) is 1. The zero-order valence-corrected chi connectivity index (χ0v) is 14.6. The van der Waals surface area contributed by atoms with Crippen molar-refractivity contribution in [1.29, 1.82) is 0 Å². The van der Waals surface area contributed by atoms with E-state index in [1.165, 1.54) is 0 Å². The van der Waals surface area contributed by atoms with Gasteiger partial charge in [0, 0.05) is 55.6 Å². The van der Waals surface area contributed by atoms with Crippen LogP contribution in [0.1, 0.15) is 10.4 Å². The Morgan fingerprint density at radius 2 is 2.08 bits per heavy atom. The predicted molar refractivity (Wildman–Crippen MR) is 94.1 cm³/mol. The van der Waals surface area contributed by atoms with Gasteiger partial charge in [0.25, 0.3) is 5.91 Å². The molecule has 0 aliphatic carbocycles. The number of para-hydroxylation sites is 1. The Morgan fingerprint density at radius 1 is 1.29 bits per heavy atom. The van der Waals surface area contributed by atoms with Crippen LogP contribution in [0.3, 0.4) is 0 Å². The largest absolute Gasteiger partial charge is 0.376 e. The molecule has 0 saturated carbocycles. The van der Waals surface area contributed by atoms with E-state index in [9.17, 15) is 4.79 Å². The molecule has 0 unspecified atom stereocenters. The van der Waals surface area contributed by atoms with Crippen LogP contribution in [-0.2, 0) is 11.8 Å². The molecule has 2 aliphatic rings. The van der Waals surface area contributed by atoms with Gasteiger partial charge in [0.15, 0.2) is 0 Å². The number of hydrogen-bond donors (Lipinski definition) is 0. The summed E-state index contributed by atoms with van der Waals surface area (Å²) in [5.41, 5.74) is 1.90. The van der Waals surface area contributed by atoms with Crippen LogP contribution in [0.5, 0.6) is 0 Å². The number of likely N-dealkylation sites (tertiary alicyclic amines) is 1. The zero-order chi connectivity index (χ0) is 16.8. The summed E-state index contributed by atoms with van der Waals surface area (Å²) in [6, 6.07) is 8.09. The normalized spacial score (nSPS) is 26.5. The van der Waals surface area contributed by atoms with Gasteiger partial charge in [0.2, 0.25) is 0 Å². The van der Waals surface area contributed by atoms with Gasteiger partial charge >= 0.3 is 0 Å². The van der Waals surface area contributed by atoms with Crippen LogP contribution in [0.4, 0.5) is 0 Å². The van der Waals surface area contributed by atoms with E-state index < -0.39 is 0 Å². The maximum atomic E-state index is 13.1. The molecule has 0 radical (unpaired) electrons. The smallest absolute Gasteiger partial charge is 0.256 e. The number of nitrogens with zero attached hydrogens (tertiary/aromatic N) is 3. The highest BCUT2D eigenvalue weighted by Gasteiger charge is 2.45. The van der Waals surface area contributed by atoms with Crippen LogP contribution >= 0.6 is 0 Å². The van der Waals surface area contributed by atoms with Gasteiger partial charge in [-0.1, -0.05) is 18.2 Å². The van der Waals surface area contributed by atoms with E-state index in [0.29, 0.717) is 11.8 Å². The minimum Gasteiger partial charge on any atom is -0.376 e. The van der Waals surface area contributed by atoms with Crippen molar-refractivity contribution in [2.45, 2.75) is 6.10 Å². The van der Waals surface area contributed by atoms with Crippen molar-refractivity contribution in [3.8, 4) is 0 Å². The van der Waals surface area contributed by atoms with Crippen molar-refractivity contribution in [2.24, 2.45) is 18.9 Å². The van der Waals surface area contributed by atoms with Crippen molar-refractivity contribution in [3.63, 3.8) is 0 Å². The maximum absolute atomic E-state index is 13.1. The van der Waals surface area contributed by atoms with Crippen LogP contribution in [0.25, 0.3) is 10.9 Å². The van der Waals surface area contributed by atoms with Gasteiger partial charge in [-0.2, -0.15) is 0 Å². The second kappa shape index (κ2) is 5.90. The molecule has 128 valence electrons. The molecule has 5 nitrogen and oxygen atoms in total. The van der Waals surface area contributed by atoms with Crippen molar-refractivity contribution >= 4 is 16.8 Å². The molecular weight excluding hydrogens is 302 g/mol. The van der Waals surface area contributed by atoms with Gasteiger partial charge in [-0.3, -0.25) is 4.79 Å². The van der Waals surface area contributed by atoms with E-state index in [1.54, 1.807) is 0 Å². The van der Waals surface area contributed by atoms with Gasteiger partial charge in [0.05, 0.1) is 18.3 Å². The number of rotatable bonds is 3. The molecule has 2 aliphatic heterocycles. The Hall–Kier alpha value is -1.85. The van der Waals surface area contributed by atoms with Crippen LogP contribution in [-0.4, -0.2) is 66.7 Å². The molecule has 2 aromatic rings. The van der Waals surface area contributed by atoms with Gasteiger partial charge in [-0.15, -0.1) is 0 Å². The lowest BCUT2D eigenvalue weighted by Gasteiger charge is -2.22. The fourth-order valence-electron chi connectivity index (χ4n) is 4.30. The Kier molecular flexibility index (Phi) is 3.85.